The molecule has 3 heteroatoms. The SMILES string of the molecule is CCCCN(C)C(=O)CC(C#N)C(C)C. The van der Waals surface area contributed by atoms with Crippen molar-refractivity contribution in [2.24, 2.45) is 11.8 Å². The summed E-state index contributed by atoms with van der Waals surface area (Å²) in [5, 5.41) is 8.88. The normalized spacial score (nSPS) is 12.3. The Morgan fingerprint density at radius 1 is 1.47 bits per heavy atom. The first-order chi connectivity index (χ1) is 7.02. The van der Waals surface area contributed by atoms with Crippen molar-refractivity contribution in [2.45, 2.75) is 40.0 Å². The molecule has 0 aromatic rings. The minimum absolute atomic E-state index is 0.0868. The molecule has 0 rings (SSSR count). The number of hydrogen-bond donors (Lipinski definition) is 0. The second-order valence-electron chi connectivity index (χ2n) is 4.35. The molecule has 0 aromatic carbocycles. The Hall–Kier alpha value is -1.04. The maximum atomic E-state index is 11.7. The molecular formula is C12H22N2O. The fourth-order valence-corrected chi connectivity index (χ4v) is 1.29. The first kappa shape index (κ1) is 14.0. The van der Waals surface area contributed by atoms with Crippen molar-refractivity contribution in [1.29, 1.82) is 5.26 Å². The van der Waals surface area contributed by atoms with Gasteiger partial charge in [0.2, 0.25) is 5.91 Å². The van der Waals surface area contributed by atoms with E-state index in [0.717, 1.165) is 19.4 Å². The molecule has 0 aromatic heterocycles. The van der Waals surface area contributed by atoms with E-state index in [2.05, 4.69) is 13.0 Å². The molecule has 1 atom stereocenters. The predicted octanol–water partition coefficient (Wildman–Crippen LogP) is 2.43. The van der Waals surface area contributed by atoms with Gasteiger partial charge in [-0.3, -0.25) is 4.79 Å². The lowest BCUT2D eigenvalue weighted by molar-refractivity contribution is -0.130. The van der Waals surface area contributed by atoms with Gasteiger partial charge < -0.3 is 4.90 Å². The fourth-order valence-electron chi connectivity index (χ4n) is 1.29. The van der Waals surface area contributed by atoms with Crippen LogP contribution in [0.3, 0.4) is 0 Å². The van der Waals surface area contributed by atoms with E-state index in [4.69, 9.17) is 5.26 Å². The highest BCUT2D eigenvalue weighted by atomic mass is 16.2. The molecule has 15 heavy (non-hydrogen) atoms. The average molecular weight is 210 g/mol. The first-order valence-corrected chi connectivity index (χ1v) is 5.66. The summed E-state index contributed by atoms with van der Waals surface area (Å²) in [6, 6.07) is 2.20. The van der Waals surface area contributed by atoms with E-state index in [1.807, 2.05) is 20.9 Å². The Bertz CT molecular complexity index is 230. The summed E-state index contributed by atoms with van der Waals surface area (Å²) in [6.45, 7) is 6.86. The summed E-state index contributed by atoms with van der Waals surface area (Å²) in [5.74, 6) is 0.184. The third kappa shape index (κ3) is 5.41. The molecular weight excluding hydrogens is 188 g/mol. The summed E-state index contributed by atoms with van der Waals surface area (Å²) in [7, 11) is 1.81. The van der Waals surface area contributed by atoms with Crippen LogP contribution in [0.2, 0.25) is 0 Å². The number of carbonyl (C=O) groups excluding carboxylic acids is 1. The lowest BCUT2D eigenvalue weighted by atomic mass is 9.93. The van der Waals surface area contributed by atoms with Crippen molar-refractivity contribution in [2.75, 3.05) is 13.6 Å². The van der Waals surface area contributed by atoms with E-state index in [1.165, 1.54) is 0 Å². The highest BCUT2D eigenvalue weighted by Gasteiger charge is 2.18. The number of unbranched alkanes of at least 4 members (excludes halogenated alkanes) is 1. The number of carbonyl (C=O) groups is 1. The van der Waals surface area contributed by atoms with Crippen LogP contribution in [0.25, 0.3) is 0 Å². The van der Waals surface area contributed by atoms with Gasteiger partial charge in [0.05, 0.1) is 12.0 Å². The van der Waals surface area contributed by atoms with Gasteiger partial charge in [-0.2, -0.15) is 5.26 Å². The molecule has 0 N–H and O–H groups in total. The third-order valence-electron chi connectivity index (χ3n) is 2.64. The van der Waals surface area contributed by atoms with Crippen LogP contribution in [-0.4, -0.2) is 24.4 Å². The van der Waals surface area contributed by atoms with Crippen LogP contribution in [-0.2, 0) is 4.79 Å². The summed E-state index contributed by atoms with van der Waals surface area (Å²) in [4.78, 5) is 13.4. The number of hydrogen-bond acceptors (Lipinski definition) is 2. The summed E-state index contributed by atoms with van der Waals surface area (Å²) in [5.41, 5.74) is 0. The monoisotopic (exact) mass is 210 g/mol. The van der Waals surface area contributed by atoms with Crippen molar-refractivity contribution in [1.82, 2.24) is 4.90 Å². The zero-order chi connectivity index (χ0) is 11.8. The molecule has 3 nitrogen and oxygen atoms in total. The van der Waals surface area contributed by atoms with Crippen LogP contribution in [0, 0.1) is 23.2 Å². The zero-order valence-electron chi connectivity index (χ0n) is 10.3. The molecule has 0 spiro atoms. The van der Waals surface area contributed by atoms with Crippen LogP contribution in [0.5, 0.6) is 0 Å². The quantitative estimate of drug-likeness (QED) is 0.676. The minimum atomic E-state index is -0.151. The van der Waals surface area contributed by atoms with E-state index < -0.39 is 0 Å². The van der Waals surface area contributed by atoms with Crippen LogP contribution in [0.1, 0.15) is 40.0 Å². The van der Waals surface area contributed by atoms with Crippen LogP contribution in [0.4, 0.5) is 0 Å². The standard InChI is InChI=1S/C12H22N2O/c1-5-6-7-14(4)12(15)8-11(9-13)10(2)3/h10-11H,5-8H2,1-4H3. The summed E-state index contributed by atoms with van der Waals surface area (Å²) < 4.78 is 0. The van der Waals surface area contributed by atoms with Gasteiger partial charge >= 0.3 is 0 Å². The van der Waals surface area contributed by atoms with Gasteiger partial charge in [-0.15, -0.1) is 0 Å². The van der Waals surface area contributed by atoms with E-state index in [1.54, 1.807) is 4.90 Å². The smallest absolute Gasteiger partial charge is 0.223 e. The molecule has 1 unspecified atom stereocenters. The number of amides is 1. The van der Waals surface area contributed by atoms with Gasteiger partial charge in [-0.05, 0) is 12.3 Å². The van der Waals surface area contributed by atoms with Gasteiger partial charge in [0, 0.05) is 20.0 Å². The predicted molar refractivity (Wildman–Crippen MR) is 61.1 cm³/mol. The number of nitrogens with zero attached hydrogens (tertiary/aromatic N) is 2. The zero-order valence-corrected chi connectivity index (χ0v) is 10.3. The molecule has 0 bridgehead atoms. The lowest BCUT2D eigenvalue weighted by Crippen LogP contribution is -2.30. The van der Waals surface area contributed by atoms with Crippen molar-refractivity contribution in [3.63, 3.8) is 0 Å². The Morgan fingerprint density at radius 3 is 2.47 bits per heavy atom. The molecule has 1 amide bonds. The van der Waals surface area contributed by atoms with Gasteiger partial charge in [0.25, 0.3) is 0 Å². The third-order valence-corrected chi connectivity index (χ3v) is 2.64. The Morgan fingerprint density at radius 2 is 2.07 bits per heavy atom. The number of nitriles is 1. The molecule has 0 aliphatic heterocycles. The Kier molecular flexibility index (Phi) is 6.77. The second-order valence-corrected chi connectivity index (χ2v) is 4.35. The van der Waals surface area contributed by atoms with Gasteiger partial charge in [-0.1, -0.05) is 27.2 Å². The molecule has 0 saturated carbocycles. The molecule has 0 radical (unpaired) electrons. The second kappa shape index (κ2) is 7.28. The Balaban J connectivity index is 4.06. The van der Waals surface area contributed by atoms with Crippen LogP contribution < -0.4 is 0 Å². The molecule has 86 valence electrons. The topological polar surface area (TPSA) is 44.1 Å². The lowest BCUT2D eigenvalue weighted by Gasteiger charge is -2.19. The molecule has 0 saturated heterocycles. The van der Waals surface area contributed by atoms with Gasteiger partial charge in [0.1, 0.15) is 0 Å². The first-order valence-electron chi connectivity index (χ1n) is 5.66. The molecule has 0 aliphatic rings. The average Bonchev–Trinajstić information content (AvgIpc) is 2.21. The Labute approximate surface area is 93.1 Å². The van der Waals surface area contributed by atoms with E-state index in [-0.39, 0.29) is 17.7 Å². The highest BCUT2D eigenvalue weighted by Crippen LogP contribution is 2.15. The molecule has 0 heterocycles. The number of rotatable bonds is 6. The molecule has 0 fully saturated rings. The van der Waals surface area contributed by atoms with Crippen molar-refractivity contribution in [3.8, 4) is 6.07 Å². The highest BCUT2D eigenvalue weighted by molar-refractivity contribution is 5.76. The van der Waals surface area contributed by atoms with E-state index in [0.29, 0.717) is 6.42 Å². The maximum Gasteiger partial charge on any atom is 0.223 e. The van der Waals surface area contributed by atoms with Crippen LogP contribution >= 0.6 is 0 Å². The minimum Gasteiger partial charge on any atom is -0.346 e. The van der Waals surface area contributed by atoms with Crippen LogP contribution in [0.15, 0.2) is 0 Å². The molecule has 0 aliphatic carbocycles. The van der Waals surface area contributed by atoms with Crippen molar-refractivity contribution < 1.29 is 4.79 Å². The van der Waals surface area contributed by atoms with E-state index in [9.17, 15) is 4.79 Å². The fraction of sp³-hybridized carbons (Fsp3) is 0.833. The van der Waals surface area contributed by atoms with Gasteiger partial charge in [-0.25, -0.2) is 0 Å². The van der Waals surface area contributed by atoms with Crippen molar-refractivity contribution >= 4 is 5.91 Å². The summed E-state index contributed by atoms with van der Waals surface area (Å²) in [6.07, 6.45) is 2.47. The summed E-state index contributed by atoms with van der Waals surface area (Å²) >= 11 is 0. The van der Waals surface area contributed by atoms with Crippen molar-refractivity contribution in [3.05, 3.63) is 0 Å². The maximum absolute atomic E-state index is 11.7. The van der Waals surface area contributed by atoms with E-state index >= 15 is 0 Å². The largest absolute Gasteiger partial charge is 0.346 e. The van der Waals surface area contributed by atoms with Gasteiger partial charge in [0.15, 0.2) is 0 Å².